The average Bonchev–Trinajstić information content (AvgIpc) is 1.14. The summed E-state index contributed by atoms with van der Waals surface area (Å²) in [5, 5.41) is 26.7. The van der Waals surface area contributed by atoms with Gasteiger partial charge in [-0.2, -0.15) is 0 Å². The van der Waals surface area contributed by atoms with Gasteiger partial charge in [0.2, 0.25) is 11.8 Å². The first-order valence-corrected chi connectivity index (χ1v) is 31.1. The van der Waals surface area contributed by atoms with Crippen LogP contribution in [0.2, 0.25) is 0 Å². The number of carbonyl (C=O) groups is 3. The Bertz CT molecular complexity index is 3540. The number of aromatic hydroxyl groups is 2. The molecule has 6 atom stereocenters. The SMILES string of the molecule is COc1cccc([C@H](C)N)c1.COc1cccc([C@H](C)NC(=O)OC(C)(C)C)c1.C[C@H](N)c1cccc(O)c1.C[C@H](N)c1cccc(Oc2ccccn2)c1.C[C@H](NC(=O)OC(C)(C)C)c1cccc(O)c1.C[C@H](NC(=O)OC(C)(C)C)c1cccc(Oc2ccccn2)c1. The number of phenols is 2. The number of nitrogens with zero attached hydrogens (tertiary/aromatic N) is 2. The first-order valence-electron chi connectivity index (χ1n) is 31.1. The number of hydrogen-bond donors (Lipinski definition) is 8. The molecule has 95 heavy (non-hydrogen) atoms. The number of amides is 3. The Morgan fingerprint density at radius 1 is 0.368 bits per heavy atom. The molecule has 11 N–H and O–H groups in total. The van der Waals surface area contributed by atoms with Gasteiger partial charge in [0.05, 0.1) is 32.3 Å². The average molecular weight is 1310 g/mol. The van der Waals surface area contributed by atoms with Gasteiger partial charge in [-0.1, -0.05) is 84.9 Å². The Kier molecular flexibility index (Phi) is 33.1. The lowest BCUT2D eigenvalue weighted by molar-refractivity contribution is 0.0496. The van der Waals surface area contributed by atoms with Crippen LogP contribution in [0, 0.1) is 0 Å². The number of ether oxygens (including phenoxy) is 7. The molecule has 0 saturated carbocycles. The first-order chi connectivity index (χ1) is 44.6. The van der Waals surface area contributed by atoms with E-state index in [0.29, 0.717) is 17.5 Å². The van der Waals surface area contributed by atoms with E-state index in [2.05, 4.69) is 25.9 Å². The number of hydrogen-bond acceptors (Lipinski definition) is 17. The van der Waals surface area contributed by atoms with Crippen molar-refractivity contribution in [2.45, 2.75) is 157 Å². The van der Waals surface area contributed by atoms with Crippen molar-refractivity contribution in [1.29, 1.82) is 0 Å². The minimum atomic E-state index is -0.520. The minimum absolute atomic E-state index is 0.00674. The van der Waals surface area contributed by atoms with Crippen molar-refractivity contribution in [1.82, 2.24) is 25.9 Å². The number of nitrogens with one attached hydrogen (secondary N) is 3. The summed E-state index contributed by atoms with van der Waals surface area (Å²) < 4.78 is 37.1. The van der Waals surface area contributed by atoms with Crippen molar-refractivity contribution in [2.24, 2.45) is 17.2 Å². The van der Waals surface area contributed by atoms with E-state index in [4.69, 9.17) is 55.5 Å². The van der Waals surface area contributed by atoms with Crippen LogP contribution >= 0.6 is 0 Å². The van der Waals surface area contributed by atoms with Crippen molar-refractivity contribution < 1.29 is 57.8 Å². The van der Waals surface area contributed by atoms with Crippen LogP contribution in [0.25, 0.3) is 0 Å². The molecule has 512 valence electrons. The highest BCUT2D eigenvalue weighted by Gasteiger charge is 2.21. The molecule has 0 aliphatic carbocycles. The Morgan fingerprint density at radius 2 is 0.632 bits per heavy atom. The topological polar surface area (TPSA) is 296 Å². The highest BCUT2D eigenvalue weighted by Crippen LogP contribution is 2.26. The maximum Gasteiger partial charge on any atom is 0.408 e. The molecule has 0 unspecified atom stereocenters. The summed E-state index contributed by atoms with van der Waals surface area (Å²) in [6.07, 6.45) is 2.04. The highest BCUT2D eigenvalue weighted by molar-refractivity contribution is 5.69. The van der Waals surface area contributed by atoms with Gasteiger partial charge in [-0.15, -0.1) is 0 Å². The van der Waals surface area contributed by atoms with Crippen molar-refractivity contribution in [3.05, 3.63) is 228 Å². The standard InChI is InChI=1S/C18H22N2O3.C14H21NO3.C13H14N2O.C13H19NO3.C9H13NO.C8H11NO/c1-13(20-17(21)23-18(2,3)4)14-8-7-9-15(12-14)22-16-10-5-6-11-19-16;1-10(15-13(16)18-14(2,3)4)11-7-6-8-12(9-11)17-5;1-10(14)11-5-4-6-12(9-11)16-13-7-2-3-8-15-13;1-9(10-6-5-7-11(15)8-10)14-12(16)17-13(2,3)4;1-7(10)8-4-3-5-9(6-8)11-2;1-6(9)7-3-2-4-8(10)5-7/h5-13H,1-4H3,(H,20,21);6-10H,1-5H3,(H,15,16);2-10H,14H2,1H3;5-9,15H,1-4H3,(H,14,16);3-7H,10H2,1-2H3;2-6,10H,9H2,1H3/t13-;2*10-;9-;7-;6-/m000000/s1. The minimum Gasteiger partial charge on any atom is -0.508 e. The molecule has 8 rings (SSSR count). The third-order valence-electron chi connectivity index (χ3n) is 12.6. The van der Waals surface area contributed by atoms with Gasteiger partial charge in [-0.3, -0.25) is 0 Å². The van der Waals surface area contributed by atoms with E-state index in [1.54, 1.807) is 69.1 Å². The quantitative estimate of drug-likeness (QED) is 0.0443. The molecule has 2 heterocycles. The van der Waals surface area contributed by atoms with Gasteiger partial charge < -0.3 is 76.5 Å². The van der Waals surface area contributed by atoms with Crippen molar-refractivity contribution in [3.8, 4) is 46.3 Å². The van der Waals surface area contributed by atoms with Gasteiger partial charge in [-0.25, -0.2) is 24.4 Å². The van der Waals surface area contributed by atoms with Crippen molar-refractivity contribution in [3.63, 3.8) is 0 Å². The fourth-order valence-corrected chi connectivity index (χ4v) is 7.91. The molecule has 2 aromatic heterocycles. The number of alkyl carbamates (subject to hydrolysis) is 3. The Labute approximate surface area is 561 Å². The maximum atomic E-state index is 11.8. The lowest BCUT2D eigenvalue weighted by Gasteiger charge is -2.22. The third-order valence-corrected chi connectivity index (χ3v) is 12.6. The number of aromatic nitrogens is 2. The fourth-order valence-electron chi connectivity index (χ4n) is 7.91. The van der Waals surface area contributed by atoms with E-state index in [0.717, 1.165) is 50.6 Å². The largest absolute Gasteiger partial charge is 0.508 e. The van der Waals surface area contributed by atoms with Crippen LogP contribution in [0.4, 0.5) is 14.4 Å². The van der Waals surface area contributed by atoms with Crippen LogP contribution in [0.15, 0.2) is 194 Å². The van der Waals surface area contributed by atoms with Crippen LogP contribution < -0.4 is 52.1 Å². The predicted molar refractivity (Wildman–Crippen MR) is 375 cm³/mol. The Morgan fingerprint density at radius 3 is 0.916 bits per heavy atom. The second-order valence-corrected chi connectivity index (χ2v) is 24.9. The summed E-state index contributed by atoms with van der Waals surface area (Å²) in [6.45, 7) is 27.8. The highest BCUT2D eigenvalue weighted by atomic mass is 16.6. The third kappa shape index (κ3) is 34.0. The van der Waals surface area contributed by atoms with Crippen LogP contribution in [0.5, 0.6) is 46.3 Å². The predicted octanol–water partition coefficient (Wildman–Crippen LogP) is 16.7. The monoisotopic (exact) mass is 1300 g/mol. The zero-order valence-corrected chi connectivity index (χ0v) is 58.0. The summed E-state index contributed by atoms with van der Waals surface area (Å²) in [7, 11) is 3.27. The number of benzene rings is 6. The van der Waals surface area contributed by atoms with E-state index in [1.807, 2.05) is 243 Å². The molecule has 0 radical (unpaired) electrons. The zero-order chi connectivity index (χ0) is 70.9. The van der Waals surface area contributed by atoms with Gasteiger partial charge in [0, 0.05) is 42.7 Å². The summed E-state index contributed by atoms with van der Waals surface area (Å²) >= 11 is 0. The molecule has 0 bridgehead atoms. The van der Waals surface area contributed by atoms with Crippen LogP contribution in [-0.4, -0.2) is 69.5 Å². The molecule has 3 amide bonds. The summed E-state index contributed by atoms with van der Waals surface area (Å²) in [5.41, 5.74) is 21.4. The Balaban J connectivity index is 0.000000303. The molecule has 0 aliphatic rings. The van der Waals surface area contributed by atoms with Gasteiger partial charge >= 0.3 is 18.3 Å². The number of nitrogens with two attached hydrogens (primary N) is 3. The molecule has 0 saturated heterocycles. The zero-order valence-electron chi connectivity index (χ0n) is 58.0. The molecule has 8 aromatic rings. The van der Waals surface area contributed by atoms with Crippen molar-refractivity contribution >= 4 is 18.3 Å². The summed E-state index contributed by atoms with van der Waals surface area (Å²) in [5.74, 6) is 4.62. The molecule has 20 heteroatoms. The van der Waals surface area contributed by atoms with Gasteiger partial charge in [0.25, 0.3) is 0 Å². The second kappa shape index (κ2) is 39.6. The van der Waals surface area contributed by atoms with Gasteiger partial charge in [0.15, 0.2) is 0 Å². The maximum absolute atomic E-state index is 11.8. The van der Waals surface area contributed by atoms with E-state index in [9.17, 15) is 19.5 Å². The van der Waals surface area contributed by atoms with Crippen LogP contribution in [0.1, 0.15) is 173 Å². The van der Waals surface area contributed by atoms with E-state index in [1.165, 1.54) is 0 Å². The lowest BCUT2D eigenvalue weighted by atomic mass is 10.1. The van der Waals surface area contributed by atoms with Crippen molar-refractivity contribution in [2.75, 3.05) is 14.2 Å². The molecular weight excluding hydrogens is 1200 g/mol. The number of carbonyl (C=O) groups excluding carboxylic acids is 3. The lowest BCUT2D eigenvalue weighted by Crippen LogP contribution is -2.34. The van der Waals surface area contributed by atoms with Gasteiger partial charge in [0.1, 0.15) is 51.3 Å². The Hall–Kier alpha value is -9.89. The smallest absolute Gasteiger partial charge is 0.408 e. The number of pyridine rings is 2. The molecule has 0 aliphatic heterocycles. The normalized spacial score (nSPS) is 12.6. The number of rotatable bonds is 15. The molecule has 0 fully saturated rings. The van der Waals surface area contributed by atoms with E-state index >= 15 is 0 Å². The molecular formula is C75H100N8O12. The summed E-state index contributed by atoms with van der Waals surface area (Å²) in [6, 6.07) is 54.9. The van der Waals surface area contributed by atoms with E-state index in [-0.39, 0.29) is 47.8 Å². The first kappa shape index (κ1) is 79.3. The number of phenolic OH excluding ortho intramolecular Hbond substituents is 2. The van der Waals surface area contributed by atoms with E-state index < -0.39 is 35.1 Å². The summed E-state index contributed by atoms with van der Waals surface area (Å²) in [4.78, 5) is 43.2. The van der Waals surface area contributed by atoms with Gasteiger partial charge in [-0.05, 0) is 222 Å². The molecule has 6 aromatic carbocycles. The molecule has 20 nitrogen and oxygen atoms in total. The number of methoxy groups -OCH3 is 2. The van der Waals surface area contributed by atoms with Crippen LogP contribution in [-0.2, 0) is 14.2 Å². The molecule has 0 spiro atoms. The second-order valence-electron chi connectivity index (χ2n) is 24.9. The van der Waals surface area contributed by atoms with Crippen LogP contribution in [0.3, 0.4) is 0 Å². The fraction of sp³-hybridized carbons (Fsp3) is 0.347.